The molecule has 4 atom stereocenters. The molecule has 0 radical (unpaired) electrons. The van der Waals surface area contributed by atoms with E-state index in [4.69, 9.17) is 0 Å². The van der Waals surface area contributed by atoms with Crippen molar-refractivity contribution in [2.45, 2.75) is 134 Å². The predicted octanol–water partition coefficient (Wildman–Crippen LogP) is 8.54. The number of hydrogen-bond donors (Lipinski definition) is 1. The predicted molar refractivity (Wildman–Crippen MR) is 168 cm³/mol. The molecule has 0 spiro atoms. The molecule has 0 unspecified atom stereocenters. The maximum Gasteiger partial charge on any atom is 0.225 e. The Kier molecular flexibility index (Phi) is 10.4. The zero-order chi connectivity index (χ0) is 31.7. The Morgan fingerprint density at radius 3 is 2.12 bits per heavy atom. The van der Waals surface area contributed by atoms with Crippen LogP contribution < -0.4 is 5.32 Å². The van der Waals surface area contributed by atoms with Crippen LogP contribution in [0.1, 0.15) is 134 Å². The van der Waals surface area contributed by atoms with Gasteiger partial charge in [-0.2, -0.15) is 5.26 Å². The van der Waals surface area contributed by atoms with Gasteiger partial charge in [-0.15, -0.1) is 0 Å². The first kappa shape index (κ1) is 35.0. The molecule has 1 fully saturated rings. The van der Waals surface area contributed by atoms with Crippen LogP contribution in [0.5, 0.6) is 0 Å². The van der Waals surface area contributed by atoms with Gasteiger partial charge in [0, 0.05) is 22.8 Å². The van der Waals surface area contributed by atoms with E-state index in [-0.39, 0.29) is 45.2 Å². The van der Waals surface area contributed by atoms with Crippen molar-refractivity contribution in [2.24, 2.45) is 38.4 Å². The minimum atomic E-state index is -0.696. The highest BCUT2D eigenvalue weighted by Gasteiger charge is 2.61. The third kappa shape index (κ3) is 6.73. The van der Waals surface area contributed by atoms with Crippen LogP contribution in [0.25, 0.3) is 0 Å². The molecule has 0 saturated heterocycles. The second kappa shape index (κ2) is 12.2. The first-order chi connectivity index (χ1) is 18.7. The lowest BCUT2D eigenvalue weighted by Crippen LogP contribution is -2.56. The van der Waals surface area contributed by atoms with Gasteiger partial charge in [-0.05, 0) is 87.0 Å². The molecule has 230 valence electrons. The molecular formula is C36H58N2O3. The van der Waals surface area contributed by atoms with Gasteiger partial charge in [0.1, 0.15) is 6.07 Å². The molecule has 1 N–H and O–H groups in total. The summed E-state index contributed by atoms with van der Waals surface area (Å²) in [5.74, 6) is 0.0000700. The van der Waals surface area contributed by atoms with Crippen molar-refractivity contribution in [3.05, 3.63) is 23.3 Å². The highest BCUT2D eigenvalue weighted by atomic mass is 16.2. The Morgan fingerprint density at radius 1 is 1.02 bits per heavy atom. The standard InChI is InChI=1S/C36H58N2O3/c1-13-16-31(4,5)18-20-34(10,30(41)38-14-2)21-19-32(6,7)36(12)17-15-27-33(8,9)29(40)26(24-37)23-35(27,11)28(36)22-25(3)39/h22-23,27H,13-21H2,1-12H3,(H,38,41)/b28-22-/t27-,34-,35-,36+/m0/s1. The number of fused-ring (bicyclic) bond motifs is 1. The van der Waals surface area contributed by atoms with Crippen LogP contribution in [0.15, 0.2) is 23.3 Å². The molecule has 1 amide bonds. The first-order valence-electron chi connectivity index (χ1n) is 15.9. The lowest BCUT2D eigenvalue weighted by molar-refractivity contribution is -0.132. The lowest BCUT2D eigenvalue weighted by Gasteiger charge is -2.61. The summed E-state index contributed by atoms with van der Waals surface area (Å²) >= 11 is 0. The van der Waals surface area contributed by atoms with E-state index >= 15 is 0 Å². The van der Waals surface area contributed by atoms with Crippen molar-refractivity contribution < 1.29 is 14.4 Å². The number of hydrogen-bond acceptors (Lipinski definition) is 4. The van der Waals surface area contributed by atoms with Crippen LogP contribution >= 0.6 is 0 Å². The molecule has 0 aromatic heterocycles. The SMILES string of the molecule is CCCC(C)(C)CC[C@@](C)(CCC(C)(C)[C@]1(C)CC[C@H]2C(C)(C)C(=O)C(C#N)=C[C@]2(C)/C1=C/C(C)=O)C(=O)NCC. The Morgan fingerprint density at radius 2 is 1.61 bits per heavy atom. The third-order valence-corrected chi connectivity index (χ3v) is 11.4. The van der Waals surface area contributed by atoms with Crippen molar-refractivity contribution in [2.75, 3.05) is 6.54 Å². The topological polar surface area (TPSA) is 87.0 Å². The van der Waals surface area contributed by atoms with Gasteiger partial charge >= 0.3 is 0 Å². The summed E-state index contributed by atoms with van der Waals surface area (Å²) in [5, 5.41) is 13.0. The summed E-state index contributed by atoms with van der Waals surface area (Å²) in [5.41, 5.74) is -0.983. The number of nitrogens with one attached hydrogen (secondary N) is 1. The number of amides is 1. The van der Waals surface area contributed by atoms with Gasteiger partial charge in [-0.1, -0.05) is 87.3 Å². The lowest BCUT2D eigenvalue weighted by atomic mass is 9.42. The summed E-state index contributed by atoms with van der Waals surface area (Å²) in [7, 11) is 0. The Balaban J connectivity index is 2.55. The van der Waals surface area contributed by atoms with Gasteiger partial charge in [0.15, 0.2) is 11.6 Å². The number of nitriles is 1. The molecule has 2 aliphatic rings. The number of carbonyl (C=O) groups excluding carboxylic acids is 3. The minimum absolute atomic E-state index is 0.00419. The normalized spacial score (nSPS) is 28.8. The monoisotopic (exact) mass is 566 g/mol. The second-order valence-electron chi connectivity index (χ2n) is 15.8. The average molecular weight is 567 g/mol. The summed E-state index contributed by atoms with van der Waals surface area (Å²) in [6.45, 7) is 26.0. The molecule has 5 heteroatoms. The van der Waals surface area contributed by atoms with Crippen LogP contribution in [-0.4, -0.2) is 24.0 Å². The highest BCUT2D eigenvalue weighted by Crippen LogP contribution is 2.67. The molecule has 0 aliphatic heterocycles. The molecule has 2 rings (SSSR count). The molecular weight excluding hydrogens is 508 g/mol. The van der Waals surface area contributed by atoms with E-state index < -0.39 is 16.2 Å². The fourth-order valence-electron chi connectivity index (χ4n) is 8.12. The number of rotatable bonds is 12. The van der Waals surface area contributed by atoms with Crippen LogP contribution in [0, 0.1) is 49.7 Å². The second-order valence-corrected chi connectivity index (χ2v) is 15.8. The van der Waals surface area contributed by atoms with Gasteiger partial charge in [0.05, 0.1) is 5.57 Å². The quantitative estimate of drug-likeness (QED) is 0.240. The molecule has 1 saturated carbocycles. The van der Waals surface area contributed by atoms with Gasteiger partial charge in [-0.3, -0.25) is 14.4 Å². The molecule has 0 aromatic rings. The van der Waals surface area contributed by atoms with Gasteiger partial charge in [-0.25, -0.2) is 0 Å². The number of nitrogens with zero attached hydrogens (tertiary/aromatic N) is 1. The summed E-state index contributed by atoms with van der Waals surface area (Å²) < 4.78 is 0. The maximum absolute atomic E-state index is 13.5. The number of Topliss-reactive ketones (excluding diaryl/α,β-unsaturated/α-hetero) is 1. The average Bonchev–Trinajstić information content (AvgIpc) is 2.86. The smallest absolute Gasteiger partial charge is 0.225 e. The van der Waals surface area contributed by atoms with Crippen LogP contribution in [-0.2, 0) is 14.4 Å². The largest absolute Gasteiger partial charge is 0.356 e. The van der Waals surface area contributed by atoms with E-state index in [1.807, 2.05) is 26.8 Å². The zero-order valence-electron chi connectivity index (χ0n) is 28.3. The van der Waals surface area contributed by atoms with Crippen LogP contribution in [0.3, 0.4) is 0 Å². The van der Waals surface area contributed by atoms with Crippen LogP contribution in [0.2, 0.25) is 0 Å². The Bertz CT molecular complexity index is 1130. The highest BCUT2D eigenvalue weighted by molar-refractivity contribution is 6.04. The van der Waals surface area contributed by atoms with E-state index in [9.17, 15) is 19.6 Å². The number of allylic oxidation sites excluding steroid dienone is 4. The zero-order valence-corrected chi connectivity index (χ0v) is 28.3. The summed E-state index contributed by atoms with van der Waals surface area (Å²) in [6, 6.07) is 2.17. The minimum Gasteiger partial charge on any atom is -0.356 e. The van der Waals surface area contributed by atoms with E-state index in [1.165, 1.54) is 0 Å². The van der Waals surface area contributed by atoms with Crippen molar-refractivity contribution in [1.29, 1.82) is 5.26 Å². The van der Waals surface area contributed by atoms with Crippen molar-refractivity contribution in [3.63, 3.8) is 0 Å². The Hall–Kier alpha value is -2.22. The van der Waals surface area contributed by atoms with E-state index in [1.54, 1.807) is 13.0 Å². The molecule has 0 heterocycles. The molecule has 5 nitrogen and oxygen atoms in total. The van der Waals surface area contributed by atoms with E-state index in [2.05, 4.69) is 66.8 Å². The van der Waals surface area contributed by atoms with Crippen LogP contribution in [0.4, 0.5) is 0 Å². The molecule has 0 aromatic carbocycles. The van der Waals surface area contributed by atoms with Crippen molar-refractivity contribution >= 4 is 17.5 Å². The number of ketones is 2. The Labute approximate surface area is 251 Å². The third-order valence-electron chi connectivity index (χ3n) is 11.4. The van der Waals surface area contributed by atoms with Crippen molar-refractivity contribution in [1.82, 2.24) is 5.32 Å². The summed E-state index contributed by atoms with van der Waals surface area (Å²) in [6.07, 6.45) is 11.0. The maximum atomic E-state index is 13.5. The fourth-order valence-corrected chi connectivity index (χ4v) is 8.12. The fraction of sp³-hybridized carbons (Fsp3) is 0.778. The molecule has 41 heavy (non-hydrogen) atoms. The van der Waals surface area contributed by atoms with Gasteiger partial charge in [0.25, 0.3) is 0 Å². The first-order valence-corrected chi connectivity index (χ1v) is 15.9. The van der Waals surface area contributed by atoms with E-state index in [0.29, 0.717) is 6.54 Å². The van der Waals surface area contributed by atoms with E-state index in [0.717, 1.165) is 56.9 Å². The van der Waals surface area contributed by atoms with Crippen molar-refractivity contribution in [3.8, 4) is 6.07 Å². The van der Waals surface area contributed by atoms with Gasteiger partial charge in [0.2, 0.25) is 5.91 Å². The van der Waals surface area contributed by atoms with Gasteiger partial charge < -0.3 is 5.32 Å². The summed E-state index contributed by atoms with van der Waals surface area (Å²) in [4.78, 5) is 39.5. The molecule has 0 bridgehead atoms. The molecule has 2 aliphatic carbocycles. The number of carbonyl (C=O) groups is 3.